The second-order valence-corrected chi connectivity index (χ2v) is 3.83. The van der Waals surface area contributed by atoms with E-state index >= 15 is 0 Å². The highest BCUT2D eigenvalue weighted by Crippen LogP contribution is 2.30. The van der Waals surface area contributed by atoms with Gasteiger partial charge in [-0.3, -0.25) is 4.72 Å². The summed E-state index contributed by atoms with van der Waals surface area (Å²) in [5.74, 6) is 0. The van der Waals surface area contributed by atoms with Crippen molar-refractivity contribution in [3.8, 4) is 0 Å². The smallest absolute Gasteiger partial charge is 0.417 e. The molecule has 0 unspecified atom stereocenters. The molecule has 0 fully saturated rings. The quantitative estimate of drug-likeness (QED) is 0.850. The first-order valence-electron chi connectivity index (χ1n) is 4.70. The van der Waals surface area contributed by atoms with Crippen molar-refractivity contribution >= 4 is 18.0 Å². The Labute approximate surface area is 100 Å². The molecule has 1 aromatic rings. The van der Waals surface area contributed by atoms with Crippen molar-refractivity contribution in [2.45, 2.75) is 18.0 Å². The third kappa shape index (κ3) is 4.56. The zero-order chi connectivity index (χ0) is 12.9. The van der Waals surface area contributed by atoms with Crippen LogP contribution >= 0.6 is 11.9 Å². The Hall–Kier alpha value is -1.37. The maximum Gasteiger partial charge on any atom is 0.417 e. The monoisotopic (exact) mass is 265 g/mol. The lowest BCUT2D eigenvalue weighted by Crippen LogP contribution is -2.16. The summed E-state index contributed by atoms with van der Waals surface area (Å²) >= 11 is 0.896. The fourth-order valence-corrected chi connectivity index (χ4v) is 1.51. The lowest BCUT2D eigenvalue weighted by Gasteiger charge is -2.07. The molecule has 0 radical (unpaired) electrons. The Balaban J connectivity index is 2.54. The van der Waals surface area contributed by atoms with Gasteiger partial charge in [0, 0.05) is 4.90 Å². The topological polar surface area (TPSA) is 38.3 Å². The standard InChI is InChI=1S/C10H10F3NO2S/c1-2-16-9(15)14-17-8-5-3-7(4-6-8)10(11,12)13/h3-6H,2H2,1H3,(H,14,15). The van der Waals surface area contributed by atoms with Crippen molar-refractivity contribution in [1.29, 1.82) is 0 Å². The summed E-state index contributed by atoms with van der Waals surface area (Å²) in [7, 11) is 0. The summed E-state index contributed by atoms with van der Waals surface area (Å²) in [6, 6.07) is 4.46. The van der Waals surface area contributed by atoms with Gasteiger partial charge in [0.05, 0.1) is 12.2 Å². The van der Waals surface area contributed by atoms with E-state index in [1.54, 1.807) is 6.92 Å². The molecule has 1 N–H and O–H groups in total. The molecule has 0 bridgehead atoms. The maximum absolute atomic E-state index is 12.2. The molecular weight excluding hydrogens is 255 g/mol. The van der Waals surface area contributed by atoms with E-state index in [1.165, 1.54) is 12.1 Å². The minimum absolute atomic E-state index is 0.236. The van der Waals surface area contributed by atoms with Crippen LogP contribution in [0.1, 0.15) is 12.5 Å². The number of alkyl halides is 3. The predicted octanol–water partition coefficient (Wildman–Crippen LogP) is 3.46. The Morgan fingerprint density at radius 3 is 2.41 bits per heavy atom. The van der Waals surface area contributed by atoms with Gasteiger partial charge in [0.15, 0.2) is 0 Å². The van der Waals surface area contributed by atoms with Crippen LogP contribution in [0.4, 0.5) is 18.0 Å². The molecule has 1 aromatic carbocycles. The molecule has 0 heterocycles. The van der Waals surface area contributed by atoms with E-state index in [0.29, 0.717) is 4.90 Å². The summed E-state index contributed by atoms with van der Waals surface area (Å²) in [5.41, 5.74) is -0.724. The first kappa shape index (κ1) is 13.7. The van der Waals surface area contributed by atoms with Gasteiger partial charge < -0.3 is 4.74 Å². The van der Waals surface area contributed by atoms with Gasteiger partial charge in [0.25, 0.3) is 0 Å². The van der Waals surface area contributed by atoms with Crippen molar-refractivity contribution < 1.29 is 22.7 Å². The van der Waals surface area contributed by atoms with Crippen molar-refractivity contribution in [2.75, 3.05) is 6.61 Å². The van der Waals surface area contributed by atoms with E-state index in [1.807, 2.05) is 0 Å². The van der Waals surface area contributed by atoms with Gasteiger partial charge in [0.1, 0.15) is 0 Å². The van der Waals surface area contributed by atoms with E-state index in [2.05, 4.69) is 9.46 Å². The molecule has 0 saturated carbocycles. The molecular formula is C10H10F3NO2S. The molecule has 17 heavy (non-hydrogen) atoms. The van der Waals surface area contributed by atoms with Crippen LogP contribution in [0.3, 0.4) is 0 Å². The molecule has 1 rings (SSSR count). The molecule has 3 nitrogen and oxygen atoms in total. The van der Waals surface area contributed by atoms with E-state index in [-0.39, 0.29) is 6.61 Å². The highest BCUT2D eigenvalue weighted by atomic mass is 32.2. The van der Waals surface area contributed by atoms with Gasteiger partial charge >= 0.3 is 12.3 Å². The number of nitrogens with one attached hydrogen (secondary N) is 1. The lowest BCUT2D eigenvalue weighted by atomic mass is 10.2. The van der Waals surface area contributed by atoms with E-state index in [9.17, 15) is 18.0 Å². The summed E-state index contributed by atoms with van der Waals surface area (Å²) in [4.78, 5) is 11.4. The second-order valence-electron chi connectivity index (χ2n) is 2.95. The van der Waals surface area contributed by atoms with E-state index in [0.717, 1.165) is 24.1 Å². The number of hydrogen-bond acceptors (Lipinski definition) is 3. The Kier molecular flexibility index (Phi) is 4.68. The average molecular weight is 265 g/mol. The molecule has 0 aromatic heterocycles. The molecule has 0 atom stereocenters. The number of hydrogen-bond donors (Lipinski definition) is 1. The zero-order valence-electron chi connectivity index (χ0n) is 8.88. The number of ether oxygens (including phenoxy) is 1. The summed E-state index contributed by atoms with van der Waals surface area (Å²) < 4.78 is 43.6. The van der Waals surface area contributed by atoms with Gasteiger partial charge in [-0.1, -0.05) is 0 Å². The first-order chi connectivity index (χ1) is 7.93. The molecule has 0 saturated heterocycles. The SMILES string of the molecule is CCOC(=O)NSc1ccc(C(F)(F)F)cc1. The van der Waals surface area contributed by atoms with Gasteiger partial charge in [-0.05, 0) is 43.1 Å². The highest BCUT2D eigenvalue weighted by molar-refractivity contribution is 7.98. The first-order valence-corrected chi connectivity index (χ1v) is 5.52. The van der Waals surface area contributed by atoms with Gasteiger partial charge in [-0.25, -0.2) is 4.79 Å². The summed E-state index contributed by atoms with van der Waals surface area (Å²) in [6.45, 7) is 1.89. The van der Waals surface area contributed by atoms with Crippen LogP contribution in [0.15, 0.2) is 29.2 Å². The average Bonchev–Trinajstić information content (AvgIpc) is 2.26. The highest BCUT2D eigenvalue weighted by Gasteiger charge is 2.29. The third-order valence-corrected chi connectivity index (χ3v) is 2.49. The van der Waals surface area contributed by atoms with Crippen LogP contribution in [0.5, 0.6) is 0 Å². The number of amides is 1. The normalized spacial score (nSPS) is 11.1. The molecule has 0 aliphatic carbocycles. The van der Waals surface area contributed by atoms with Gasteiger partial charge in [0.2, 0.25) is 0 Å². The van der Waals surface area contributed by atoms with Crippen LogP contribution in [-0.4, -0.2) is 12.7 Å². The van der Waals surface area contributed by atoms with Crippen molar-refractivity contribution in [2.24, 2.45) is 0 Å². The molecule has 94 valence electrons. The minimum Gasteiger partial charge on any atom is -0.449 e. The number of halogens is 3. The molecule has 1 amide bonds. The summed E-state index contributed by atoms with van der Waals surface area (Å²) in [5, 5.41) is 0. The fraction of sp³-hybridized carbons (Fsp3) is 0.300. The van der Waals surface area contributed by atoms with Crippen LogP contribution in [0.25, 0.3) is 0 Å². The Morgan fingerprint density at radius 1 is 1.35 bits per heavy atom. The minimum atomic E-state index is -4.35. The van der Waals surface area contributed by atoms with Crippen LogP contribution in [0, 0.1) is 0 Å². The molecule has 0 spiro atoms. The van der Waals surface area contributed by atoms with Gasteiger partial charge in [-0.15, -0.1) is 0 Å². The van der Waals surface area contributed by atoms with E-state index in [4.69, 9.17) is 0 Å². The number of carbonyl (C=O) groups is 1. The predicted molar refractivity (Wildman–Crippen MR) is 57.5 cm³/mol. The lowest BCUT2D eigenvalue weighted by molar-refractivity contribution is -0.137. The molecule has 7 heteroatoms. The van der Waals surface area contributed by atoms with Crippen molar-refractivity contribution in [3.63, 3.8) is 0 Å². The number of rotatable bonds is 3. The maximum atomic E-state index is 12.2. The van der Waals surface area contributed by atoms with Gasteiger partial charge in [-0.2, -0.15) is 13.2 Å². The summed E-state index contributed by atoms with van der Waals surface area (Å²) in [6.07, 6.45) is -4.98. The van der Waals surface area contributed by atoms with Crippen molar-refractivity contribution in [3.05, 3.63) is 29.8 Å². The Bertz CT molecular complexity index is 378. The van der Waals surface area contributed by atoms with Crippen LogP contribution in [-0.2, 0) is 10.9 Å². The number of benzene rings is 1. The molecule has 0 aliphatic rings. The number of carbonyl (C=O) groups excluding carboxylic acids is 1. The second kappa shape index (κ2) is 5.81. The largest absolute Gasteiger partial charge is 0.449 e. The van der Waals surface area contributed by atoms with Crippen LogP contribution in [0.2, 0.25) is 0 Å². The third-order valence-electron chi connectivity index (χ3n) is 1.71. The zero-order valence-corrected chi connectivity index (χ0v) is 9.69. The fourth-order valence-electron chi connectivity index (χ4n) is 0.973. The van der Waals surface area contributed by atoms with E-state index < -0.39 is 17.8 Å². The Morgan fingerprint density at radius 2 is 1.94 bits per heavy atom. The van der Waals surface area contributed by atoms with Crippen LogP contribution < -0.4 is 4.72 Å². The molecule has 0 aliphatic heterocycles. The van der Waals surface area contributed by atoms with Crippen molar-refractivity contribution in [1.82, 2.24) is 4.72 Å².